The fraction of sp³-hybridized carbons (Fsp3) is 0.579. The second kappa shape index (κ2) is 10.7. The van der Waals surface area contributed by atoms with Crippen LogP contribution in [0.25, 0.3) is 0 Å². The van der Waals surface area contributed by atoms with Gasteiger partial charge in [-0.15, -0.1) is 0 Å². The normalized spacial score (nSPS) is 14.8. The van der Waals surface area contributed by atoms with Crippen LogP contribution in [0.15, 0.2) is 30.3 Å². The molecule has 1 aliphatic rings. The molecule has 0 radical (unpaired) electrons. The third kappa shape index (κ3) is 9.87. The Bertz CT molecular complexity index is 482. The molecule has 1 amide bonds. The smallest absolute Gasteiger partial charge is 0.407 e. The van der Waals surface area contributed by atoms with Gasteiger partial charge in [0.05, 0.1) is 0 Å². The molecule has 0 bridgehead atoms. The molecular formula is C19H31NO4. The maximum Gasteiger partial charge on any atom is 0.407 e. The van der Waals surface area contributed by atoms with E-state index in [0.717, 1.165) is 18.4 Å². The van der Waals surface area contributed by atoms with Gasteiger partial charge in [0.2, 0.25) is 0 Å². The van der Waals surface area contributed by atoms with Crippen molar-refractivity contribution < 1.29 is 20.5 Å². The summed E-state index contributed by atoms with van der Waals surface area (Å²) in [6.45, 7) is 6.46. The molecule has 1 fully saturated rings. The maximum atomic E-state index is 11.4. The summed E-state index contributed by atoms with van der Waals surface area (Å²) in [5.41, 5.74) is 0.619. The van der Waals surface area contributed by atoms with Crippen molar-refractivity contribution in [3.8, 4) is 0 Å². The molecule has 1 aromatic carbocycles. The van der Waals surface area contributed by atoms with E-state index in [2.05, 4.69) is 10.1 Å². The summed E-state index contributed by atoms with van der Waals surface area (Å²) < 4.78 is 9.73. The van der Waals surface area contributed by atoms with Crippen molar-refractivity contribution in [2.75, 3.05) is 0 Å². The summed E-state index contributed by atoms with van der Waals surface area (Å²) in [6.07, 6.45) is 5.66. The largest absolute Gasteiger partial charge is 0.463 e. The Hall–Kier alpha value is -2.04. The number of hydrogen-bond acceptors (Lipinski definition) is 4. The van der Waals surface area contributed by atoms with E-state index in [1.807, 2.05) is 51.1 Å². The minimum atomic E-state index is -0.390. The Morgan fingerprint density at radius 3 is 2.38 bits per heavy atom. The number of rotatable bonds is 4. The van der Waals surface area contributed by atoms with E-state index < -0.39 is 5.60 Å². The Kier molecular flexibility index (Phi) is 8.90. The lowest BCUT2D eigenvalue weighted by atomic mass is 9.96. The van der Waals surface area contributed by atoms with Crippen molar-refractivity contribution in [1.29, 1.82) is 0 Å². The zero-order chi connectivity index (χ0) is 17.8. The molecule has 0 atom stereocenters. The summed E-state index contributed by atoms with van der Waals surface area (Å²) in [5.74, 6) is 0. The van der Waals surface area contributed by atoms with Crippen molar-refractivity contribution in [3.63, 3.8) is 0 Å². The molecule has 0 unspecified atom stereocenters. The van der Waals surface area contributed by atoms with E-state index >= 15 is 0 Å². The lowest BCUT2D eigenvalue weighted by molar-refractivity contribution is -0.129. The van der Waals surface area contributed by atoms with Crippen LogP contribution in [0.2, 0.25) is 0 Å². The van der Waals surface area contributed by atoms with Gasteiger partial charge in [-0.05, 0) is 39.2 Å². The van der Waals surface area contributed by atoms with Gasteiger partial charge in [-0.25, -0.2) is 4.79 Å². The molecule has 1 aromatic rings. The zero-order valence-corrected chi connectivity index (χ0v) is 14.9. The SMILES string of the molecule is CC(C)(C)OC(=O)NC1CCCCC1.O=COCc1ccccc1.[HH]. The van der Waals surface area contributed by atoms with E-state index in [4.69, 9.17) is 4.74 Å². The van der Waals surface area contributed by atoms with Crippen LogP contribution in [0.1, 0.15) is 59.9 Å². The summed E-state index contributed by atoms with van der Waals surface area (Å²) >= 11 is 0. The van der Waals surface area contributed by atoms with Gasteiger partial charge < -0.3 is 14.8 Å². The van der Waals surface area contributed by atoms with Gasteiger partial charge in [-0.1, -0.05) is 49.6 Å². The summed E-state index contributed by atoms with van der Waals surface area (Å²) in [5, 5.41) is 2.91. The van der Waals surface area contributed by atoms with Crippen LogP contribution in [-0.2, 0) is 20.9 Å². The van der Waals surface area contributed by atoms with E-state index in [1.54, 1.807) is 0 Å². The molecule has 1 saturated carbocycles. The average Bonchev–Trinajstić information content (AvgIpc) is 2.53. The highest BCUT2D eigenvalue weighted by atomic mass is 16.6. The zero-order valence-electron chi connectivity index (χ0n) is 14.9. The van der Waals surface area contributed by atoms with Crippen LogP contribution in [0, 0.1) is 0 Å². The van der Waals surface area contributed by atoms with Crippen LogP contribution in [0.5, 0.6) is 0 Å². The van der Waals surface area contributed by atoms with Crippen LogP contribution >= 0.6 is 0 Å². The van der Waals surface area contributed by atoms with Gasteiger partial charge >= 0.3 is 6.09 Å². The molecule has 1 aliphatic carbocycles. The van der Waals surface area contributed by atoms with Crippen LogP contribution in [0.4, 0.5) is 4.79 Å². The predicted octanol–water partition coefficient (Wildman–Crippen LogP) is 4.45. The standard InChI is InChI=1S/C11H21NO2.C8H8O2.H2/c1-11(2,3)14-10(13)12-9-7-5-4-6-8-9;9-7-10-6-8-4-2-1-3-5-8;/h9H,4-8H2,1-3H3,(H,12,13);1-5,7H,6H2;1H. The molecule has 0 spiro atoms. The van der Waals surface area contributed by atoms with Gasteiger partial charge in [-0.2, -0.15) is 0 Å². The lowest BCUT2D eigenvalue weighted by Crippen LogP contribution is -2.39. The lowest BCUT2D eigenvalue weighted by Gasteiger charge is -2.25. The Balaban J connectivity index is 0.000000465. The maximum absolute atomic E-state index is 11.4. The Labute approximate surface area is 146 Å². The van der Waals surface area contributed by atoms with Gasteiger partial charge in [0.1, 0.15) is 12.2 Å². The quantitative estimate of drug-likeness (QED) is 0.824. The van der Waals surface area contributed by atoms with Crippen molar-refractivity contribution in [2.45, 2.75) is 71.1 Å². The third-order valence-electron chi connectivity index (χ3n) is 3.49. The molecule has 0 heterocycles. The fourth-order valence-electron chi connectivity index (χ4n) is 2.43. The first kappa shape index (κ1) is 20.0. The topological polar surface area (TPSA) is 64.6 Å². The summed E-state index contributed by atoms with van der Waals surface area (Å²) in [7, 11) is 0. The highest BCUT2D eigenvalue weighted by Gasteiger charge is 2.20. The molecule has 0 saturated heterocycles. The van der Waals surface area contributed by atoms with E-state index in [0.29, 0.717) is 19.1 Å². The number of alkyl carbamates (subject to hydrolysis) is 1. The molecule has 136 valence electrons. The van der Waals surface area contributed by atoms with Crippen molar-refractivity contribution >= 4 is 12.6 Å². The number of ether oxygens (including phenoxy) is 2. The molecule has 2 rings (SSSR count). The van der Waals surface area contributed by atoms with Gasteiger partial charge in [-0.3, -0.25) is 4.79 Å². The van der Waals surface area contributed by atoms with E-state index in [9.17, 15) is 9.59 Å². The number of carbonyl (C=O) groups excluding carboxylic acids is 2. The predicted molar refractivity (Wildman–Crippen MR) is 95.7 cm³/mol. The van der Waals surface area contributed by atoms with Crippen molar-refractivity contribution in [1.82, 2.24) is 5.32 Å². The van der Waals surface area contributed by atoms with Gasteiger partial charge in [0, 0.05) is 7.47 Å². The van der Waals surface area contributed by atoms with Gasteiger partial charge in [0.25, 0.3) is 6.47 Å². The summed E-state index contributed by atoms with van der Waals surface area (Å²) in [6, 6.07) is 9.88. The average molecular weight is 337 g/mol. The monoisotopic (exact) mass is 337 g/mol. The summed E-state index contributed by atoms with van der Waals surface area (Å²) in [4.78, 5) is 21.1. The second-order valence-electron chi connectivity index (χ2n) is 6.87. The van der Waals surface area contributed by atoms with Crippen molar-refractivity contribution in [3.05, 3.63) is 35.9 Å². The molecule has 1 N–H and O–H groups in total. The highest BCUT2D eigenvalue weighted by molar-refractivity contribution is 5.68. The molecule has 5 heteroatoms. The van der Waals surface area contributed by atoms with Crippen LogP contribution < -0.4 is 5.32 Å². The molecular weight excluding hydrogens is 306 g/mol. The third-order valence-corrected chi connectivity index (χ3v) is 3.49. The number of benzene rings is 1. The highest BCUT2D eigenvalue weighted by Crippen LogP contribution is 2.18. The minimum absolute atomic E-state index is 0. The minimum Gasteiger partial charge on any atom is -0.463 e. The van der Waals surface area contributed by atoms with Gasteiger partial charge in [0.15, 0.2) is 0 Å². The molecule has 0 aromatic heterocycles. The first-order chi connectivity index (χ1) is 11.4. The molecule has 24 heavy (non-hydrogen) atoms. The molecule has 0 aliphatic heterocycles. The number of nitrogens with one attached hydrogen (secondary N) is 1. The first-order valence-corrected chi connectivity index (χ1v) is 8.49. The number of hydrogen-bond donors (Lipinski definition) is 1. The Morgan fingerprint density at radius 1 is 1.21 bits per heavy atom. The van der Waals surface area contributed by atoms with E-state index in [-0.39, 0.29) is 7.52 Å². The number of carbonyl (C=O) groups is 2. The van der Waals surface area contributed by atoms with Crippen LogP contribution in [0.3, 0.4) is 0 Å². The fourth-order valence-corrected chi connectivity index (χ4v) is 2.43. The second-order valence-corrected chi connectivity index (χ2v) is 6.87. The first-order valence-electron chi connectivity index (χ1n) is 8.49. The number of amides is 1. The van der Waals surface area contributed by atoms with E-state index in [1.165, 1.54) is 19.3 Å². The van der Waals surface area contributed by atoms with Crippen LogP contribution in [-0.4, -0.2) is 24.2 Å². The van der Waals surface area contributed by atoms with Crippen molar-refractivity contribution in [2.24, 2.45) is 0 Å². The molecule has 5 nitrogen and oxygen atoms in total. The Morgan fingerprint density at radius 2 is 1.83 bits per heavy atom.